The predicted molar refractivity (Wildman–Crippen MR) is 85.9 cm³/mol. The van der Waals surface area contributed by atoms with Gasteiger partial charge in [0.25, 0.3) is 0 Å². The van der Waals surface area contributed by atoms with Gasteiger partial charge in [0.2, 0.25) is 17.2 Å². The Morgan fingerprint density at radius 3 is 2.81 bits per heavy atom. The predicted octanol–water partition coefficient (Wildman–Crippen LogP) is 3.51. The topological polar surface area (TPSA) is 53.9 Å². The number of anilines is 2. The molecule has 0 radical (unpaired) electrons. The van der Waals surface area contributed by atoms with Crippen LogP contribution < -0.4 is 10.2 Å². The number of rotatable bonds is 4. The van der Waals surface area contributed by atoms with Crippen LogP contribution in [-0.4, -0.2) is 34.1 Å². The van der Waals surface area contributed by atoms with Crippen molar-refractivity contribution >= 4 is 23.5 Å². The van der Waals surface area contributed by atoms with Crippen LogP contribution in [0, 0.1) is 5.92 Å². The van der Waals surface area contributed by atoms with Crippen LogP contribution in [0.25, 0.3) is 0 Å². The molecule has 0 spiro atoms. The largest absolute Gasteiger partial charge is 0.354 e. The number of piperidine rings is 1. The molecule has 0 unspecified atom stereocenters. The summed E-state index contributed by atoms with van der Waals surface area (Å²) in [5, 5.41) is 3.50. The number of halogens is 1. The third-order valence-electron chi connectivity index (χ3n) is 4.63. The van der Waals surface area contributed by atoms with Gasteiger partial charge in [-0.05, 0) is 49.6 Å². The summed E-state index contributed by atoms with van der Waals surface area (Å²) in [7, 11) is 0. The Balaban J connectivity index is 1.82. The molecule has 5 nitrogen and oxygen atoms in total. The molecule has 1 saturated carbocycles. The Labute approximate surface area is 131 Å². The van der Waals surface area contributed by atoms with Gasteiger partial charge >= 0.3 is 0 Å². The van der Waals surface area contributed by atoms with Gasteiger partial charge in [-0.1, -0.05) is 19.8 Å². The molecule has 1 saturated heterocycles. The van der Waals surface area contributed by atoms with Crippen LogP contribution in [-0.2, 0) is 0 Å². The van der Waals surface area contributed by atoms with E-state index in [9.17, 15) is 0 Å². The Hall–Kier alpha value is -1.10. The average molecular weight is 310 g/mol. The third kappa shape index (κ3) is 3.39. The maximum Gasteiger partial charge on any atom is 0.231 e. The van der Waals surface area contributed by atoms with Crippen molar-refractivity contribution in [3.8, 4) is 0 Å². The molecule has 2 atom stereocenters. The lowest BCUT2D eigenvalue weighted by Crippen LogP contribution is -2.47. The SMILES string of the molecule is CCCNc1nc(Cl)nc(N2CCC[C@H]3CCCC[C@H]32)n1. The number of aromatic nitrogens is 3. The van der Waals surface area contributed by atoms with Crippen LogP contribution >= 0.6 is 11.6 Å². The van der Waals surface area contributed by atoms with Crippen molar-refractivity contribution in [2.45, 2.75) is 57.9 Å². The van der Waals surface area contributed by atoms with E-state index in [2.05, 4.69) is 32.1 Å². The van der Waals surface area contributed by atoms with E-state index in [1.165, 1.54) is 38.5 Å². The molecule has 1 aliphatic carbocycles. The first-order chi connectivity index (χ1) is 10.3. The second kappa shape index (κ2) is 6.77. The minimum atomic E-state index is 0.288. The molecule has 1 aliphatic heterocycles. The summed E-state index contributed by atoms with van der Waals surface area (Å²) in [6, 6.07) is 0.588. The smallest absolute Gasteiger partial charge is 0.231 e. The fourth-order valence-corrected chi connectivity index (χ4v) is 3.81. The zero-order chi connectivity index (χ0) is 14.7. The fourth-order valence-electron chi connectivity index (χ4n) is 3.66. The van der Waals surface area contributed by atoms with Crippen LogP contribution in [0.15, 0.2) is 0 Å². The summed E-state index contributed by atoms with van der Waals surface area (Å²) in [6.45, 7) is 4.01. The number of hydrogen-bond donors (Lipinski definition) is 1. The molecule has 2 heterocycles. The first-order valence-electron chi connectivity index (χ1n) is 8.20. The first-order valence-corrected chi connectivity index (χ1v) is 8.58. The second-order valence-corrected chi connectivity index (χ2v) is 6.44. The number of hydrogen-bond acceptors (Lipinski definition) is 5. The molecule has 1 aromatic rings. The van der Waals surface area contributed by atoms with E-state index in [0.717, 1.165) is 31.4 Å². The standard InChI is InChI=1S/C15H24ClN5/c1-2-9-17-14-18-13(16)19-15(20-14)21-10-5-7-11-6-3-4-8-12(11)21/h11-12H,2-10H2,1H3,(H,17,18,19,20)/t11-,12-/m1/s1. The zero-order valence-electron chi connectivity index (χ0n) is 12.7. The van der Waals surface area contributed by atoms with Crippen molar-refractivity contribution in [3.63, 3.8) is 0 Å². The summed E-state index contributed by atoms with van der Waals surface area (Å²) in [5.74, 6) is 2.16. The first kappa shape index (κ1) is 14.8. The maximum atomic E-state index is 6.09. The molecule has 2 fully saturated rings. The highest BCUT2D eigenvalue weighted by molar-refractivity contribution is 6.28. The fraction of sp³-hybridized carbons (Fsp3) is 0.800. The molecule has 0 aromatic carbocycles. The lowest BCUT2D eigenvalue weighted by Gasteiger charge is -2.44. The highest BCUT2D eigenvalue weighted by Crippen LogP contribution is 2.36. The summed E-state index contributed by atoms with van der Waals surface area (Å²) in [4.78, 5) is 15.5. The zero-order valence-corrected chi connectivity index (χ0v) is 13.4. The van der Waals surface area contributed by atoms with Crippen molar-refractivity contribution in [1.29, 1.82) is 0 Å². The Morgan fingerprint density at radius 1 is 1.14 bits per heavy atom. The molecule has 0 amide bonds. The normalized spacial score (nSPS) is 25.5. The summed E-state index contributed by atoms with van der Waals surface area (Å²) < 4.78 is 0. The molecule has 1 N–H and O–H groups in total. The number of fused-ring (bicyclic) bond motifs is 1. The number of nitrogens with zero attached hydrogens (tertiary/aromatic N) is 4. The van der Waals surface area contributed by atoms with E-state index in [4.69, 9.17) is 11.6 Å². The van der Waals surface area contributed by atoms with Gasteiger partial charge in [-0.15, -0.1) is 0 Å². The lowest BCUT2D eigenvalue weighted by atomic mass is 9.78. The van der Waals surface area contributed by atoms with Crippen molar-refractivity contribution in [2.75, 3.05) is 23.3 Å². The van der Waals surface area contributed by atoms with Crippen molar-refractivity contribution < 1.29 is 0 Å². The highest BCUT2D eigenvalue weighted by atomic mass is 35.5. The van der Waals surface area contributed by atoms with Crippen LogP contribution in [0.1, 0.15) is 51.9 Å². The number of nitrogens with one attached hydrogen (secondary N) is 1. The molecule has 21 heavy (non-hydrogen) atoms. The Bertz CT molecular complexity index is 479. The molecule has 116 valence electrons. The van der Waals surface area contributed by atoms with Crippen LogP contribution in [0.3, 0.4) is 0 Å². The van der Waals surface area contributed by atoms with Crippen LogP contribution in [0.2, 0.25) is 5.28 Å². The quantitative estimate of drug-likeness (QED) is 0.922. The molecular formula is C15H24ClN5. The summed E-state index contributed by atoms with van der Waals surface area (Å²) >= 11 is 6.09. The summed E-state index contributed by atoms with van der Waals surface area (Å²) in [5.41, 5.74) is 0. The van der Waals surface area contributed by atoms with E-state index in [0.29, 0.717) is 12.0 Å². The van der Waals surface area contributed by atoms with Gasteiger partial charge in [0, 0.05) is 19.1 Å². The molecule has 6 heteroatoms. The van der Waals surface area contributed by atoms with Gasteiger partial charge in [0.15, 0.2) is 0 Å². The summed E-state index contributed by atoms with van der Waals surface area (Å²) in [6.07, 6.45) is 8.90. The maximum absolute atomic E-state index is 6.09. The third-order valence-corrected chi connectivity index (χ3v) is 4.80. The Kier molecular flexibility index (Phi) is 4.78. The van der Waals surface area contributed by atoms with Gasteiger partial charge in [-0.2, -0.15) is 15.0 Å². The molecule has 2 aliphatic rings. The van der Waals surface area contributed by atoms with Crippen LogP contribution in [0.5, 0.6) is 0 Å². The van der Waals surface area contributed by atoms with Gasteiger partial charge in [-0.25, -0.2) is 0 Å². The van der Waals surface area contributed by atoms with E-state index >= 15 is 0 Å². The van der Waals surface area contributed by atoms with Crippen molar-refractivity contribution in [1.82, 2.24) is 15.0 Å². The van der Waals surface area contributed by atoms with E-state index in [1.807, 2.05) is 0 Å². The van der Waals surface area contributed by atoms with Crippen LogP contribution in [0.4, 0.5) is 11.9 Å². The van der Waals surface area contributed by atoms with Gasteiger partial charge in [-0.3, -0.25) is 0 Å². The second-order valence-electron chi connectivity index (χ2n) is 6.10. The average Bonchev–Trinajstić information content (AvgIpc) is 2.52. The highest BCUT2D eigenvalue weighted by Gasteiger charge is 2.34. The van der Waals surface area contributed by atoms with E-state index in [1.54, 1.807) is 0 Å². The van der Waals surface area contributed by atoms with Gasteiger partial charge in [0.05, 0.1) is 0 Å². The van der Waals surface area contributed by atoms with E-state index in [-0.39, 0.29) is 5.28 Å². The Morgan fingerprint density at radius 2 is 1.95 bits per heavy atom. The molecular weight excluding hydrogens is 286 g/mol. The van der Waals surface area contributed by atoms with Gasteiger partial charge in [0.1, 0.15) is 0 Å². The van der Waals surface area contributed by atoms with Gasteiger partial charge < -0.3 is 10.2 Å². The van der Waals surface area contributed by atoms with Crippen molar-refractivity contribution in [3.05, 3.63) is 5.28 Å². The minimum Gasteiger partial charge on any atom is -0.354 e. The molecule has 0 bridgehead atoms. The monoisotopic (exact) mass is 309 g/mol. The molecule has 1 aromatic heterocycles. The van der Waals surface area contributed by atoms with E-state index < -0.39 is 0 Å². The van der Waals surface area contributed by atoms with Crippen molar-refractivity contribution in [2.24, 2.45) is 5.92 Å². The molecule has 3 rings (SSSR count). The lowest BCUT2D eigenvalue weighted by molar-refractivity contribution is 0.241. The minimum absolute atomic E-state index is 0.288.